The van der Waals surface area contributed by atoms with Crippen LogP contribution in [0.5, 0.6) is 0 Å². The monoisotopic (exact) mass is 389 g/mol. The van der Waals surface area contributed by atoms with Crippen LogP contribution in [0.25, 0.3) is 10.6 Å². The molecule has 3 rings (SSSR count). The summed E-state index contributed by atoms with van der Waals surface area (Å²) < 4.78 is 0. The molecule has 1 saturated heterocycles. The zero-order valence-electron chi connectivity index (χ0n) is 15.0. The molecular formula is C19H23N3O2S2. The minimum absolute atomic E-state index is 0.0603. The van der Waals surface area contributed by atoms with Crippen molar-refractivity contribution in [3.63, 3.8) is 0 Å². The van der Waals surface area contributed by atoms with E-state index in [0.717, 1.165) is 16.3 Å². The quantitative estimate of drug-likeness (QED) is 0.823. The molecule has 0 radical (unpaired) electrons. The fourth-order valence-electron chi connectivity index (χ4n) is 2.77. The van der Waals surface area contributed by atoms with Crippen LogP contribution in [-0.4, -0.2) is 39.4 Å². The molecule has 0 spiro atoms. The fraction of sp³-hybridized carbons (Fsp3) is 0.421. The minimum Gasteiger partial charge on any atom is -0.349 e. The van der Waals surface area contributed by atoms with Gasteiger partial charge in [-0.05, 0) is 5.92 Å². The summed E-state index contributed by atoms with van der Waals surface area (Å²) in [6.45, 7) is 4.42. The number of nitrogens with one attached hydrogen (secondary N) is 1. The summed E-state index contributed by atoms with van der Waals surface area (Å²) in [5.74, 6) is 1.51. The van der Waals surface area contributed by atoms with Crippen LogP contribution in [0, 0.1) is 5.92 Å². The molecule has 7 heteroatoms. The molecule has 1 aliphatic rings. The zero-order valence-corrected chi connectivity index (χ0v) is 16.6. The standard InChI is InChI=1S/C19H23N3O2S2/c1-13(2)8-17(23)22-12-25-11-16(22)18(24)20-9-15-10-26-19(21-15)14-6-4-3-5-7-14/h3-7,10,13,16H,8-9,11-12H2,1-2H3,(H,20,24). The number of carbonyl (C=O) groups excluding carboxylic acids is 2. The Morgan fingerprint density at radius 1 is 1.31 bits per heavy atom. The predicted molar refractivity (Wildman–Crippen MR) is 107 cm³/mol. The van der Waals surface area contributed by atoms with E-state index in [4.69, 9.17) is 0 Å². The average Bonchev–Trinajstić information content (AvgIpc) is 3.29. The number of amides is 2. The molecule has 1 unspecified atom stereocenters. The van der Waals surface area contributed by atoms with Crippen molar-refractivity contribution >= 4 is 34.9 Å². The highest BCUT2D eigenvalue weighted by molar-refractivity contribution is 7.99. The molecule has 1 aliphatic heterocycles. The first-order valence-electron chi connectivity index (χ1n) is 8.69. The SMILES string of the molecule is CC(C)CC(=O)N1CSCC1C(=O)NCc1csc(-c2ccccc2)n1. The summed E-state index contributed by atoms with van der Waals surface area (Å²) in [7, 11) is 0. The molecule has 0 aliphatic carbocycles. The molecule has 2 aromatic rings. The summed E-state index contributed by atoms with van der Waals surface area (Å²) in [4.78, 5) is 31.2. The first-order valence-corrected chi connectivity index (χ1v) is 10.7. The lowest BCUT2D eigenvalue weighted by Crippen LogP contribution is -2.47. The van der Waals surface area contributed by atoms with Crippen molar-refractivity contribution in [1.82, 2.24) is 15.2 Å². The Labute approximate surface area is 162 Å². The van der Waals surface area contributed by atoms with Gasteiger partial charge in [-0.25, -0.2) is 4.98 Å². The van der Waals surface area contributed by atoms with Gasteiger partial charge in [0, 0.05) is 23.1 Å². The molecule has 1 N–H and O–H groups in total. The molecular weight excluding hydrogens is 366 g/mol. The van der Waals surface area contributed by atoms with E-state index in [2.05, 4.69) is 10.3 Å². The largest absolute Gasteiger partial charge is 0.349 e. The summed E-state index contributed by atoms with van der Waals surface area (Å²) in [5.41, 5.74) is 1.92. The van der Waals surface area contributed by atoms with Crippen LogP contribution in [0.2, 0.25) is 0 Å². The van der Waals surface area contributed by atoms with Gasteiger partial charge in [-0.1, -0.05) is 44.2 Å². The Kier molecular flexibility index (Phi) is 6.32. The van der Waals surface area contributed by atoms with Gasteiger partial charge in [0.25, 0.3) is 0 Å². The van der Waals surface area contributed by atoms with E-state index in [-0.39, 0.29) is 17.9 Å². The van der Waals surface area contributed by atoms with Crippen molar-refractivity contribution in [3.8, 4) is 10.6 Å². The topological polar surface area (TPSA) is 62.3 Å². The van der Waals surface area contributed by atoms with E-state index in [1.165, 1.54) is 0 Å². The Hall–Kier alpha value is -1.86. The van der Waals surface area contributed by atoms with E-state index in [1.54, 1.807) is 28.0 Å². The first-order chi connectivity index (χ1) is 12.5. The summed E-state index contributed by atoms with van der Waals surface area (Å²) in [6, 6.07) is 9.62. The van der Waals surface area contributed by atoms with Gasteiger partial charge in [-0.2, -0.15) is 0 Å². The van der Waals surface area contributed by atoms with Gasteiger partial charge in [0.15, 0.2) is 0 Å². The van der Waals surface area contributed by atoms with Crippen LogP contribution >= 0.6 is 23.1 Å². The predicted octanol–water partition coefficient (Wildman–Crippen LogP) is 3.37. The van der Waals surface area contributed by atoms with Crippen molar-refractivity contribution < 1.29 is 9.59 Å². The molecule has 1 atom stereocenters. The van der Waals surface area contributed by atoms with Crippen LogP contribution in [0.1, 0.15) is 26.0 Å². The third kappa shape index (κ3) is 4.65. The lowest BCUT2D eigenvalue weighted by atomic mass is 10.1. The Morgan fingerprint density at radius 2 is 2.08 bits per heavy atom. The van der Waals surface area contributed by atoms with E-state index in [9.17, 15) is 9.59 Å². The molecule has 5 nitrogen and oxygen atoms in total. The van der Waals surface area contributed by atoms with Crippen LogP contribution in [0.15, 0.2) is 35.7 Å². The molecule has 0 bridgehead atoms. The van der Waals surface area contributed by atoms with Gasteiger partial charge in [0.2, 0.25) is 11.8 Å². The van der Waals surface area contributed by atoms with Crippen molar-refractivity contribution in [3.05, 3.63) is 41.4 Å². The number of rotatable bonds is 6. The number of carbonyl (C=O) groups is 2. The lowest BCUT2D eigenvalue weighted by molar-refractivity contribution is -0.138. The molecule has 1 fully saturated rings. The van der Waals surface area contributed by atoms with Gasteiger partial charge in [0.05, 0.1) is 18.1 Å². The van der Waals surface area contributed by atoms with E-state index in [1.807, 2.05) is 49.6 Å². The molecule has 138 valence electrons. The van der Waals surface area contributed by atoms with E-state index >= 15 is 0 Å². The van der Waals surface area contributed by atoms with Gasteiger partial charge in [-0.15, -0.1) is 23.1 Å². The Morgan fingerprint density at radius 3 is 2.81 bits per heavy atom. The van der Waals surface area contributed by atoms with Crippen molar-refractivity contribution in [2.45, 2.75) is 32.9 Å². The maximum atomic E-state index is 12.6. The number of benzene rings is 1. The summed E-state index contributed by atoms with van der Waals surface area (Å²) >= 11 is 3.20. The fourth-order valence-corrected chi connectivity index (χ4v) is 4.78. The zero-order chi connectivity index (χ0) is 18.5. The molecule has 1 aromatic heterocycles. The number of hydrogen-bond donors (Lipinski definition) is 1. The molecule has 0 saturated carbocycles. The summed E-state index contributed by atoms with van der Waals surface area (Å²) in [6.07, 6.45) is 0.483. The second-order valence-corrected chi connectivity index (χ2v) is 8.56. The third-order valence-electron chi connectivity index (χ3n) is 4.10. The number of hydrogen-bond acceptors (Lipinski definition) is 5. The smallest absolute Gasteiger partial charge is 0.244 e. The second-order valence-electron chi connectivity index (χ2n) is 6.71. The maximum absolute atomic E-state index is 12.6. The molecule has 2 heterocycles. The Bertz CT molecular complexity index is 761. The van der Waals surface area contributed by atoms with Gasteiger partial charge in [0.1, 0.15) is 11.0 Å². The highest BCUT2D eigenvalue weighted by Gasteiger charge is 2.34. The second kappa shape index (κ2) is 8.68. The molecule has 26 heavy (non-hydrogen) atoms. The number of thiazole rings is 1. The number of thioether (sulfide) groups is 1. The van der Waals surface area contributed by atoms with E-state index in [0.29, 0.717) is 30.5 Å². The average molecular weight is 390 g/mol. The Balaban J connectivity index is 1.57. The van der Waals surface area contributed by atoms with Crippen LogP contribution in [0.3, 0.4) is 0 Å². The third-order valence-corrected chi connectivity index (χ3v) is 6.06. The minimum atomic E-state index is -0.376. The molecule has 1 aromatic carbocycles. The van der Waals surface area contributed by atoms with Crippen LogP contribution < -0.4 is 5.32 Å². The van der Waals surface area contributed by atoms with Crippen molar-refractivity contribution in [1.29, 1.82) is 0 Å². The van der Waals surface area contributed by atoms with Crippen molar-refractivity contribution in [2.24, 2.45) is 5.92 Å². The highest BCUT2D eigenvalue weighted by atomic mass is 32.2. The first kappa shape index (κ1) is 18.9. The van der Waals surface area contributed by atoms with Gasteiger partial charge < -0.3 is 10.2 Å². The highest BCUT2D eigenvalue weighted by Crippen LogP contribution is 2.24. The maximum Gasteiger partial charge on any atom is 0.244 e. The van der Waals surface area contributed by atoms with Gasteiger partial charge in [-0.3, -0.25) is 9.59 Å². The number of nitrogens with zero attached hydrogens (tertiary/aromatic N) is 2. The summed E-state index contributed by atoms with van der Waals surface area (Å²) in [5, 5.41) is 5.85. The lowest BCUT2D eigenvalue weighted by Gasteiger charge is -2.23. The number of aromatic nitrogens is 1. The van der Waals surface area contributed by atoms with Crippen LogP contribution in [-0.2, 0) is 16.1 Å². The van der Waals surface area contributed by atoms with Crippen LogP contribution in [0.4, 0.5) is 0 Å². The normalized spacial score (nSPS) is 16.9. The van der Waals surface area contributed by atoms with E-state index < -0.39 is 0 Å². The van der Waals surface area contributed by atoms with Gasteiger partial charge >= 0.3 is 0 Å². The van der Waals surface area contributed by atoms with Crippen molar-refractivity contribution in [2.75, 3.05) is 11.6 Å². The molecule has 2 amide bonds.